The Balaban J connectivity index is 2.46. The highest BCUT2D eigenvalue weighted by molar-refractivity contribution is 7.80. The maximum atomic E-state index is 9.36. The van der Waals surface area contributed by atoms with Crippen molar-refractivity contribution >= 4 is 12.6 Å². The molecule has 1 aliphatic rings. The number of aliphatic hydroxyl groups excluding tert-OH is 2. The van der Waals surface area contributed by atoms with Gasteiger partial charge in [-0.25, -0.2) is 0 Å². The van der Waals surface area contributed by atoms with Crippen LogP contribution in [0.2, 0.25) is 0 Å². The lowest BCUT2D eigenvalue weighted by molar-refractivity contribution is -0.155. The Labute approximate surface area is 84.5 Å². The Morgan fingerprint density at radius 3 is 2.46 bits per heavy atom. The van der Waals surface area contributed by atoms with E-state index >= 15 is 0 Å². The van der Waals surface area contributed by atoms with Crippen LogP contribution in [0.3, 0.4) is 0 Å². The van der Waals surface area contributed by atoms with Crippen molar-refractivity contribution in [3.8, 4) is 0 Å². The molecule has 1 rings (SSSR count). The summed E-state index contributed by atoms with van der Waals surface area (Å²) in [6, 6.07) is 0. The second kappa shape index (κ2) is 5.20. The van der Waals surface area contributed by atoms with Crippen molar-refractivity contribution in [3.05, 3.63) is 0 Å². The fourth-order valence-electron chi connectivity index (χ4n) is 1.89. The van der Waals surface area contributed by atoms with Crippen molar-refractivity contribution in [2.75, 3.05) is 0 Å². The van der Waals surface area contributed by atoms with Crippen molar-refractivity contribution in [3.63, 3.8) is 0 Å². The molecule has 2 N–H and O–H groups in total. The Hall–Kier alpha value is 0.230. The third kappa shape index (κ3) is 3.46. The summed E-state index contributed by atoms with van der Waals surface area (Å²) in [7, 11) is 0. The molecule has 0 aromatic rings. The zero-order valence-corrected chi connectivity index (χ0v) is 8.78. The molecule has 13 heavy (non-hydrogen) atoms. The van der Waals surface area contributed by atoms with Gasteiger partial charge in [0.15, 0.2) is 6.29 Å². The molecule has 0 bridgehead atoms. The topological polar surface area (TPSA) is 49.7 Å². The lowest BCUT2D eigenvalue weighted by Crippen LogP contribution is -2.36. The van der Waals surface area contributed by atoms with E-state index in [9.17, 15) is 5.11 Å². The van der Waals surface area contributed by atoms with Crippen LogP contribution in [-0.2, 0) is 4.74 Å². The van der Waals surface area contributed by atoms with Gasteiger partial charge < -0.3 is 14.9 Å². The first-order chi connectivity index (χ1) is 6.11. The van der Waals surface area contributed by atoms with Gasteiger partial charge in [-0.2, -0.15) is 0 Å². The Kier molecular flexibility index (Phi) is 4.52. The van der Waals surface area contributed by atoms with E-state index in [1.807, 2.05) is 0 Å². The molecule has 0 aliphatic heterocycles. The van der Waals surface area contributed by atoms with Gasteiger partial charge in [-0.1, -0.05) is 12.8 Å². The van der Waals surface area contributed by atoms with Gasteiger partial charge in [0.1, 0.15) is 5.44 Å². The van der Waals surface area contributed by atoms with Crippen molar-refractivity contribution in [2.45, 2.75) is 50.4 Å². The van der Waals surface area contributed by atoms with Crippen LogP contribution in [0.5, 0.6) is 0 Å². The van der Waals surface area contributed by atoms with Gasteiger partial charge in [0.25, 0.3) is 0 Å². The zero-order valence-electron chi connectivity index (χ0n) is 7.89. The summed E-state index contributed by atoms with van der Waals surface area (Å²) in [4.78, 5) is 0. The SMILES string of the molecule is CC(O)OC1CCCCC1C(O)S. The van der Waals surface area contributed by atoms with Gasteiger partial charge in [0, 0.05) is 5.92 Å². The highest BCUT2D eigenvalue weighted by Crippen LogP contribution is 2.31. The van der Waals surface area contributed by atoms with Crippen molar-refractivity contribution < 1.29 is 14.9 Å². The maximum Gasteiger partial charge on any atom is 0.152 e. The monoisotopic (exact) mass is 206 g/mol. The summed E-state index contributed by atoms with van der Waals surface area (Å²) >= 11 is 4.02. The van der Waals surface area contributed by atoms with Crippen LogP contribution in [0.15, 0.2) is 0 Å². The predicted octanol–water partition coefficient (Wildman–Crippen LogP) is 1.15. The second-order valence-electron chi connectivity index (χ2n) is 3.64. The third-order valence-corrected chi connectivity index (χ3v) is 2.89. The molecule has 3 nitrogen and oxygen atoms in total. The Bertz CT molecular complexity index is 150. The van der Waals surface area contributed by atoms with Gasteiger partial charge >= 0.3 is 0 Å². The summed E-state index contributed by atoms with van der Waals surface area (Å²) < 4.78 is 5.31. The molecule has 4 atom stereocenters. The lowest BCUT2D eigenvalue weighted by Gasteiger charge is -2.33. The molecule has 1 aliphatic carbocycles. The van der Waals surface area contributed by atoms with E-state index < -0.39 is 11.7 Å². The minimum Gasteiger partial charge on any atom is -0.382 e. The molecule has 0 saturated heterocycles. The normalized spacial score (nSPS) is 34.2. The number of thiol groups is 1. The van der Waals surface area contributed by atoms with E-state index in [1.54, 1.807) is 6.92 Å². The molecule has 0 aromatic carbocycles. The lowest BCUT2D eigenvalue weighted by atomic mass is 9.87. The first-order valence-electron chi connectivity index (χ1n) is 4.81. The Morgan fingerprint density at radius 1 is 1.31 bits per heavy atom. The molecule has 0 aromatic heterocycles. The molecule has 78 valence electrons. The molecule has 4 heteroatoms. The summed E-state index contributed by atoms with van der Waals surface area (Å²) in [6.07, 6.45) is 3.27. The fraction of sp³-hybridized carbons (Fsp3) is 1.00. The molecular formula is C9H18O3S. The number of aliphatic hydroxyl groups is 2. The molecule has 0 heterocycles. The first kappa shape index (κ1) is 11.3. The minimum absolute atomic E-state index is 0.0405. The van der Waals surface area contributed by atoms with Crippen LogP contribution in [0.25, 0.3) is 0 Å². The maximum absolute atomic E-state index is 9.36. The van der Waals surface area contributed by atoms with Gasteiger partial charge in [-0.15, -0.1) is 12.6 Å². The van der Waals surface area contributed by atoms with Crippen molar-refractivity contribution in [1.29, 1.82) is 0 Å². The van der Waals surface area contributed by atoms with E-state index in [4.69, 9.17) is 9.84 Å². The van der Waals surface area contributed by atoms with Crippen molar-refractivity contribution in [2.24, 2.45) is 5.92 Å². The van der Waals surface area contributed by atoms with Crippen molar-refractivity contribution in [1.82, 2.24) is 0 Å². The van der Waals surface area contributed by atoms with E-state index in [1.165, 1.54) is 0 Å². The summed E-state index contributed by atoms with van der Waals surface area (Å²) in [6.45, 7) is 1.59. The van der Waals surface area contributed by atoms with E-state index in [0.717, 1.165) is 25.7 Å². The van der Waals surface area contributed by atoms with E-state index in [-0.39, 0.29) is 12.0 Å². The highest BCUT2D eigenvalue weighted by Gasteiger charge is 2.30. The average Bonchev–Trinajstić information content (AvgIpc) is 2.03. The number of ether oxygens (including phenoxy) is 1. The first-order valence-corrected chi connectivity index (χ1v) is 5.32. The van der Waals surface area contributed by atoms with Crippen LogP contribution in [-0.4, -0.2) is 28.0 Å². The highest BCUT2D eigenvalue weighted by atomic mass is 32.1. The number of hydrogen-bond donors (Lipinski definition) is 3. The van der Waals surface area contributed by atoms with Gasteiger partial charge in [0.2, 0.25) is 0 Å². The predicted molar refractivity (Wildman–Crippen MR) is 53.5 cm³/mol. The average molecular weight is 206 g/mol. The summed E-state index contributed by atoms with van der Waals surface area (Å²) in [5.41, 5.74) is -0.635. The van der Waals surface area contributed by atoms with E-state index in [0.29, 0.717) is 0 Å². The summed E-state index contributed by atoms with van der Waals surface area (Å²) in [5.74, 6) is 0.0617. The van der Waals surface area contributed by atoms with Crippen LogP contribution in [0.4, 0.5) is 0 Å². The molecule has 0 amide bonds. The molecular weight excluding hydrogens is 188 g/mol. The number of rotatable bonds is 3. The Morgan fingerprint density at radius 2 is 1.92 bits per heavy atom. The molecule has 0 spiro atoms. The van der Waals surface area contributed by atoms with Crippen LogP contribution < -0.4 is 0 Å². The smallest absolute Gasteiger partial charge is 0.152 e. The molecule has 0 radical (unpaired) electrons. The molecule has 1 fully saturated rings. The van der Waals surface area contributed by atoms with Crippen LogP contribution in [0, 0.1) is 5.92 Å². The van der Waals surface area contributed by atoms with E-state index in [2.05, 4.69) is 12.6 Å². The number of hydrogen-bond acceptors (Lipinski definition) is 4. The third-order valence-electron chi connectivity index (χ3n) is 2.51. The minimum atomic E-state index is -0.752. The van der Waals surface area contributed by atoms with Crippen LogP contribution in [0.1, 0.15) is 32.6 Å². The van der Waals surface area contributed by atoms with Gasteiger partial charge in [-0.3, -0.25) is 0 Å². The van der Waals surface area contributed by atoms with Crippen LogP contribution >= 0.6 is 12.6 Å². The summed E-state index contributed by atoms with van der Waals surface area (Å²) in [5, 5.41) is 18.4. The fourth-order valence-corrected chi connectivity index (χ4v) is 2.23. The quantitative estimate of drug-likeness (QED) is 0.479. The van der Waals surface area contributed by atoms with Gasteiger partial charge in [-0.05, 0) is 19.8 Å². The molecule has 4 unspecified atom stereocenters. The zero-order chi connectivity index (χ0) is 9.84. The second-order valence-corrected chi connectivity index (χ2v) is 4.16. The standard InChI is InChI=1S/C9H18O3S/c1-6(10)12-8-5-3-2-4-7(8)9(11)13/h6-11,13H,2-5H2,1H3. The van der Waals surface area contributed by atoms with Gasteiger partial charge in [0.05, 0.1) is 6.10 Å². The largest absolute Gasteiger partial charge is 0.382 e. The molecule has 1 saturated carbocycles.